The monoisotopic (exact) mass is 327 g/mol. The van der Waals surface area contributed by atoms with E-state index in [1.54, 1.807) is 24.3 Å². The third kappa shape index (κ3) is 3.40. The summed E-state index contributed by atoms with van der Waals surface area (Å²) in [6, 6.07) is 12.7. The standard InChI is InChI=1S/C18H17NO3S/c1-3-12-4-7-14(8-5-12)22-18(21)13-6-9-16-15(10-13)19-17(20)11(2)23-16/h4-11H,3H2,1-2H3,(H,19,20). The Labute approximate surface area is 139 Å². The number of anilines is 1. The molecule has 1 N–H and O–H groups in total. The van der Waals surface area contributed by atoms with Crippen molar-refractivity contribution in [3.8, 4) is 5.75 Å². The van der Waals surface area contributed by atoms with Gasteiger partial charge in [-0.15, -0.1) is 11.8 Å². The lowest BCUT2D eigenvalue weighted by Crippen LogP contribution is -2.26. The van der Waals surface area contributed by atoms with Crippen LogP contribution in [0.2, 0.25) is 0 Å². The molecule has 1 unspecified atom stereocenters. The van der Waals surface area contributed by atoms with E-state index in [1.165, 1.54) is 17.3 Å². The zero-order valence-electron chi connectivity index (χ0n) is 13.0. The number of hydrogen-bond acceptors (Lipinski definition) is 4. The zero-order chi connectivity index (χ0) is 16.4. The first-order chi connectivity index (χ1) is 11.1. The molecule has 1 aliphatic heterocycles. The van der Waals surface area contributed by atoms with Crippen LogP contribution in [0.15, 0.2) is 47.4 Å². The number of ether oxygens (including phenoxy) is 1. The van der Waals surface area contributed by atoms with E-state index in [0.717, 1.165) is 11.3 Å². The van der Waals surface area contributed by atoms with Crippen molar-refractivity contribution < 1.29 is 14.3 Å². The van der Waals surface area contributed by atoms with Gasteiger partial charge in [0.15, 0.2) is 0 Å². The molecule has 0 saturated heterocycles. The molecule has 0 aliphatic carbocycles. The highest BCUT2D eigenvalue weighted by molar-refractivity contribution is 8.00. The predicted molar refractivity (Wildman–Crippen MR) is 91.2 cm³/mol. The van der Waals surface area contributed by atoms with Crippen LogP contribution in [0.4, 0.5) is 5.69 Å². The van der Waals surface area contributed by atoms with Crippen molar-refractivity contribution in [3.05, 3.63) is 53.6 Å². The first-order valence-corrected chi connectivity index (χ1v) is 8.37. The molecule has 1 atom stereocenters. The van der Waals surface area contributed by atoms with Crippen LogP contribution in [-0.4, -0.2) is 17.1 Å². The molecule has 0 fully saturated rings. The van der Waals surface area contributed by atoms with Crippen molar-refractivity contribution in [2.24, 2.45) is 0 Å². The largest absolute Gasteiger partial charge is 0.423 e. The van der Waals surface area contributed by atoms with Gasteiger partial charge >= 0.3 is 5.97 Å². The molecule has 1 heterocycles. The second kappa shape index (κ2) is 6.46. The number of carbonyl (C=O) groups excluding carboxylic acids is 2. The fraction of sp³-hybridized carbons (Fsp3) is 0.222. The van der Waals surface area contributed by atoms with Gasteiger partial charge in [-0.25, -0.2) is 4.79 Å². The molecule has 5 heteroatoms. The maximum atomic E-state index is 12.3. The lowest BCUT2D eigenvalue weighted by Gasteiger charge is -2.21. The van der Waals surface area contributed by atoms with Crippen LogP contribution in [0.25, 0.3) is 0 Å². The second-order valence-corrected chi connectivity index (χ2v) is 6.73. The fourth-order valence-corrected chi connectivity index (χ4v) is 3.23. The fourth-order valence-electron chi connectivity index (χ4n) is 2.29. The lowest BCUT2D eigenvalue weighted by molar-refractivity contribution is -0.115. The maximum absolute atomic E-state index is 12.3. The lowest BCUT2D eigenvalue weighted by atomic mass is 10.1. The van der Waals surface area contributed by atoms with Crippen LogP contribution in [-0.2, 0) is 11.2 Å². The number of nitrogens with one attached hydrogen (secondary N) is 1. The summed E-state index contributed by atoms with van der Waals surface area (Å²) in [6.07, 6.45) is 0.939. The van der Waals surface area contributed by atoms with Crippen molar-refractivity contribution in [2.45, 2.75) is 30.4 Å². The summed E-state index contributed by atoms with van der Waals surface area (Å²) in [5, 5.41) is 2.69. The molecule has 0 bridgehead atoms. The molecule has 4 nitrogen and oxygen atoms in total. The van der Waals surface area contributed by atoms with Gasteiger partial charge in [0, 0.05) is 4.90 Å². The van der Waals surface area contributed by atoms with E-state index in [9.17, 15) is 9.59 Å². The minimum Gasteiger partial charge on any atom is -0.423 e. The van der Waals surface area contributed by atoms with E-state index in [0.29, 0.717) is 17.0 Å². The minimum absolute atomic E-state index is 0.0526. The van der Waals surface area contributed by atoms with Crippen LogP contribution in [0, 0.1) is 0 Å². The average molecular weight is 327 g/mol. The molecule has 0 radical (unpaired) electrons. The van der Waals surface area contributed by atoms with Gasteiger partial charge in [-0.3, -0.25) is 4.79 Å². The molecular weight excluding hydrogens is 310 g/mol. The number of carbonyl (C=O) groups is 2. The van der Waals surface area contributed by atoms with Gasteiger partial charge in [0.1, 0.15) is 5.75 Å². The quantitative estimate of drug-likeness (QED) is 0.686. The summed E-state index contributed by atoms with van der Waals surface area (Å²) in [4.78, 5) is 25.0. The Morgan fingerprint density at radius 2 is 1.96 bits per heavy atom. The molecule has 1 aliphatic rings. The second-order valence-electron chi connectivity index (χ2n) is 5.35. The Hall–Kier alpha value is -2.27. The Kier molecular flexibility index (Phi) is 4.39. The highest BCUT2D eigenvalue weighted by atomic mass is 32.2. The number of hydrogen-bond donors (Lipinski definition) is 1. The molecule has 0 saturated carbocycles. The minimum atomic E-state index is -0.435. The van der Waals surface area contributed by atoms with E-state index < -0.39 is 5.97 Å². The zero-order valence-corrected chi connectivity index (χ0v) is 13.8. The molecule has 2 aromatic carbocycles. The van der Waals surface area contributed by atoms with Crippen molar-refractivity contribution in [1.29, 1.82) is 0 Å². The highest BCUT2D eigenvalue weighted by Gasteiger charge is 2.24. The summed E-state index contributed by atoms with van der Waals surface area (Å²) < 4.78 is 5.38. The molecule has 0 spiro atoms. The summed E-state index contributed by atoms with van der Waals surface area (Å²) in [5.41, 5.74) is 2.26. The molecular formula is C18H17NO3S. The number of amides is 1. The number of rotatable bonds is 3. The molecule has 118 valence electrons. The van der Waals surface area contributed by atoms with E-state index in [2.05, 4.69) is 12.2 Å². The SMILES string of the molecule is CCc1ccc(OC(=O)c2ccc3c(c2)NC(=O)C(C)S3)cc1. The Balaban J connectivity index is 1.77. The average Bonchev–Trinajstić information content (AvgIpc) is 2.56. The van der Waals surface area contributed by atoms with E-state index in [4.69, 9.17) is 4.74 Å². The van der Waals surface area contributed by atoms with Crippen LogP contribution in [0.5, 0.6) is 5.75 Å². The van der Waals surface area contributed by atoms with E-state index in [-0.39, 0.29) is 11.2 Å². The molecule has 3 rings (SSSR count). The van der Waals surface area contributed by atoms with Crippen molar-refractivity contribution in [3.63, 3.8) is 0 Å². The van der Waals surface area contributed by atoms with Gasteiger partial charge in [-0.05, 0) is 49.2 Å². The van der Waals surface area contributed by atoms with Gasteiger partial charge < -0.3 is 10.1 Å². The molecule has 0 aromatic heterocycles. The Morgan fingerprint density at radius 1 is 1.22 bits per heavy atom. The smallest absolute Gasteiger partial charge is 0.343 e. The van der Waals surface area contributed by atoms with Crippen LogP contribution < -0.4 is 10.1 Å². The number of aryl methyl sites for hydroxylation is 1. The van der Waals surface area contributed by atoms with E-state index >= 15 is 0 Å². The van der Waals surface area contributed by atoms with Gasteiger partial charge in [-0.2, -0.15) is 0 Å². The summed E-state index contributed by atoms with van der Waals surface area (Å²) in [7, 11) is 0. The van der Waals surface area contributed by atoms with Gasteiger partial charge in [0.05, 0.1) is 16.5 Å². The van der Waals surface area contributed by atoms with Crippen molar-refractivity contribution in [1.82, 2.24) is 0 Å². The highest BCUT2D eigenvalue weighted by Crippen LogP contribution is 2.36. The first-order valence-electron chi connectivity index (χ1n) is 7.49. The van der Waals surface area contributed by atoms with Crippen molar-refractivity contribution >= 4 is 29.3 Å². The van der Waals surface area contributed by atoms with Crippen LogP contribution >= 0.6 is 11.8 Å². The Bertz CT molecular complexity index is 755. The normalized spacial score (nSPS) is 16.4. The van der Waals surface area contributed by atoms with E-state index in [1.807, 2.05) is 25.1 Å². The van der Waals surface area contributed by atoms with Gasteiger partial charge in [0.25, 0.3) is 0 Å². The summed E-state index contributed by atoms with van der Waals surface area (Å²) >= 11 is 1.48. The number of thioether (sulfide) groups is 1. The molecule has 1 amide bonds. The van der Waals surface area contributed by atoms with Gasteiger partial charge in [-0.1, -0.05) is 19.1 Å². The van der Waals surface area contributed by atoms with Crippen LogP contribution in [0.3, 0.4) is 0 Å². The Morgan fingerprint density at radius 3 is 2.65 bits per heavy atom. The van der Waals surface area contributed by atoms with Crippen molar-refractivity contribution in [2.75, 3.05) is 5.32 Å². The third-order valence-electron chi connectivity index (χ3n) is 3.69. The maximum Gasteiger partial charge on any atom is 0.343 e. The topological polar surface area (TPSA) is 55.4 Å². The number of fused-ring (bicyclic) bond motifs is 1. The van der Waals surface area contributed by atoms with Crippen LogP contribution in [0.1, 0.15) is 29.8 Å². The first kappa shape index (κ1) is 15.6. The van der Waals surface area contributed by atoms with Gasteiger partial charge in [0.2, 0.25) is 5.91 Å². The predicted octanol–water partition coefficient (Wildman–Crippen LogP) is 3.90. The molecule has 23 heavy (non-hydrogen) atoms. The number of benzene rings is 2. The third-order valence-corrected chi connectivity index (χ3v) is 4.87. The summed E-state index contributed by atoms with van der Waals surface area (Å²) in [6.45, 7) is 3.92. The summed E-state index contributed by atoms with van der Waals surface area (Å²) in [5.74, 6) is 0.0232. The molecule has 2 aromatic rings. The number of esters is 1.